The second-order valence-corrected chi connectivity index (χ2v) is 14.6. The number of thioether (sulfide) groups is 1. The third-order valence-corrected chi connectivity index (χ3v) is 12.7. The van der Waals surface area contributed by atoms with Crippen LogP contribution in [0.3, 0.4) is 0 Å². The van der Waals surface area contributed by atoms with Crippen molar-refractivity contribution in [2.75, 3.05) is 5.75 Å². The second kappa shape index (κ2) is 9.89. The molecule has 40 heavy (non-hydrogen) atoms. The fraction of sp³-hybridized carbons (Fsp3) is 0.667. The van der Waals surface area contributed by atoms with Crippen LogP contribution < -0.4 is 0 Å². The van der Waals surface area contributed by atoms with Crippen LogP contribution in [-0.4, -0.2) is 51.5 Å². The van der Waals surface area contributed by atoms with Gasteiger partial charge in [-0.1, -0.05) is 44.8 Å². The minimum Gasteiger partial charge on any atom is -0.393 e. The fourth-order valence-electron chi connectivity index (χ4n) is 9.90. The van der Waals surface area contributed by atoms with Gasteiger partial charge >= 0.3 is 0 Å². The zero-order chi connectivity index (χ0) is 27.7. The van der Waals surface area contributed by atoms with Gasteiger partial charge in [0.25, 0.3) is 0 Å². The minimum absolute atomic E-state index is 0.0150. The predicted molar refractivity (Wildman–Crippen MR) is 152 cm³/mol. The van der Waals surface area contributed by atoms with E-state index >= 15 is 0 Å². The Morgan fingerprint density at radius 1 is 1.15 bits per heavy atom. The van der Waals surface area contributed by atoms with E-state index in [1.54, 1.807) is 24.5 Å². The van der Waals surface area contributed by atoms with Crippen LogP contribution in [0.4, 0.5) is 0 Å². The fourth-order valence-corrected chi connectivity index (χ4v) is 10.7. The van der Waals surface area contributed by atoms with Crippen molar-refractivity contribution in [2.45, 2.75) is 101 Å². The van der Waals surface area contributed by atoms with E-state index in [9.17, 15) is 14.7 Å². The van der Waals surface area contributed by atoms with E-state index in [1.807, 2.05) is 18.2 Å². The summed E-state index contributed by atoms with van der Waals surface area (Å²) in [6, 6.07) is 3.88. The SMILES string of the molecule is C[C@]12C=CC(=O)C=C1CC[C@@H]1[C@@H]2[C@@H](O)C[C@@]2(C)[C@H]1C[C@H]1O[C@@H](C3CCCCC3)O[C@]12C(=O)CSc1ccncc1. The Hall–Kier alpha value is -1.80. The molecule has 1 saturated heterocycles. The van der Waals surface area contributed by atoms with Gasteiger partial charge in [0.05, 0.1) is 18.0 Å². The number of aromatic nitrogens is 1. The predicted octanol–water partition coefficient (Wildman–Crippen LogP) is 5.69. The number of hydrogen-bond acceptors (Lipinski definition) is 7. The van der Waals surface area contributed by atoms with Crippen molar-refractivity contribution >= 4 is 23.3 Å². The lowest BCUT2D eigenvalue weighted by molar-refractivity contribution is -0.207. The number of ether oxygens (including phenoxy) is 2. The summed E-state index contributed by atoms with van der Waals surface area (Å²) in [5.41, 5.74) is -0.771. The first-order valence-corrected chi connectivity index (χ1v) is 16.3. The molecule has 0 bridgehead atoms. The molecule has 7 heteroatoms. The van der Waals surface area contributed by atoms with Crippen LogP contribution in [0.2, 0.25) is 0 Å². The van der Waals surface area contributed by atoms with Crippen molar-refractivity contribution in [1.29, 1.82) is 0 Å². The lowest BCUT2D eigenvalue weighted by atomic mass is 9.46. The summed E-state index contributed by atoms with van der Waals surface area (Å²) in [6.45, 7) is 4.41. The van der Waals surface area contributed by atoms with E-state index in [-0.39, 0.29) is 47.1 Å². The largest absolute Gasteiger partial charge is 0.393 e. The highest BCUT2D eigenvalue weighted by atomic mass is 32.2. The molecule has 1 aromatic heterocycles. The van der Waals surface area contributed by atoms with Crippen LogP contribution in [-0.2, 0) is 19.1 Å². The molecule has 4 saturated carbocycles. The van der Waals surface area contributed by atoms with Crippen LogP contribution >= 0.6 is 11.8 Å². The summed E-state index contributed by atoms with van der Waals surface area (Å²) in [7, 11) is 0. The molecule has 1 aromatic rings. The van der Waals surface area contributed by atoms with Gasteiger partial charge in [-0.25, -0.2) is 0 Å². The van der Waals surface area contributed by atoms with E-state index in [1.165, 1.54) is 31.0 Å². The zero-order valence-corrected chi connectivity index (χ0v) is 24.4. The quantitative estimate of drug-likeness (QED) is 0.461. The maximum atomic E-state index is 14.5. The summed E-state index contributed by atoms with van der Waals surface area (Å²) >= 11 is 1.54. The van der Waals surface area contributed by atoms with Crippen molar-refractivity contribution in [1.82, 2.24) is 4.98 Å². The number of pyridine rings is 1. The van der Waals surface area contributed by atoms with Crippen LogP contribution in [0.15, 0.2) is 53.2 Å². The van der Waals surface area contributed by atoms with Crippen LogP contribution in [0, 0.1) is 34.5 Å². The molecule has 0 spiro atoms. The Kier molecular flexibility index (Phi) is 6.69. The number of ketones is 2. The average molecular weight is 564 g/mol. The number of carbonyl (C=O) groups excluding carboxylic acids is 2. The molecule has 0 unspecified atom stereocenters. The number of allylic oxidation sites excluding steroid dienone is 4. The van der Waals surface area contributed by atoms with Gasteiger partial charge in [0.1, 0.15) is 0 Å². The van der Waals surface area contributed by atoms with E-state index in [2.05, 4.69) is 18.8 Å². The Balaban J connectivity index is 1.24. The topological polar surface area (TPSA) is 85.7 Å². The molecule has 6 nitrogen and oxygen atoms in total. The van der Waals surface area contributed by atoms with Crippen molar-refractivity contribution in [3.8, 4) is 0 Å². The van der Waals surface area contributed by atoms with Gasteiger partial charge in [-0.15, -0.1) is 11.8 Å². The molecule has 9 atom stereocenters. The summed E-state index contributed by atoms with van der Waals surface area (Å²) < 4.78 is 13.8. The summed E-state index contributed by atoms with van der Waals surface area (Å²) in [6.07, 6.45) is 16.6. The molecule has 2 heterocycles. The van der Waals surface area contributed by atoms with Gasteiger partial charge in [-0.2, -0.15) is 0 Å². The van der Waals surface area contributed by atoms with Crippen molar-refractivity contribution in [3.63, 3.8) is 0 Å². The number of Topliss-reactive ketones (excluding diaryl/α,β-unsaturated/α-hetero) is 1. The van der Waals surface area contributed by atoms with E-state index in [4.69, 9.17) is 9.47 Å². The van der Waals surface area contributed by atoms with E-state index in [0.29, 0.717) is 18.1 Å². The first-order chi connectivity index (χ1) is 19.3. The van der Waals surface area contributed by atoms with Crippen molar-refractivity contribution in [3.05, 3.63) is 48.3 Å². The molecular weight excluding hydrogens is 522 g/mol. The van der Waals surface area contributed by atoms with Gasteiger partial charge in [0, 0.05) is 40.0 Å². The normalized spacial score (nSPS) is 44.4. The molecule has 5 fully saturated rings. The van der Waals surface area contributed by atoms with Crippen molar-refractivity contribution < 1.29 is 24.2 Å². The molecule has 5 aliphatic carbocycles. The number of carbonyl (C=O) groups is 2. The van der Waals surface area contributed by atoms with Crippen LogP contribution in [0.1, 0.15) is 71.6 Å². The maximum Gasteiger partial charge on any atom is 0.178 e. The molecule has 1 N–H and O–H groups in total. The highest BCUT2D eigenvalue weighted by molar-refractivity contribution is 8.00. The Bertz CT molecular complexity index is 1240. The number of fused-ring (bicyclic) bond motifs is 7. The van der Waals surface area contributed by atoms with Crippen molar-refractivity contribution in [2.24, 2.45) is 34.5 Å². The molecule has 0 amide bonds. The number of aliphatic hydroxyl groups is 1. The second-order valence-electron chi connectivity index (χ2n) is 13.6. The average Bonchev–Trinajstić information content (AvgIpc) is 3.46. The molecule has 214 valence electrons. The van der Waals surface area contributed by atoms with Gasteiger partial charge in [-0.3, -0.25) is 14.6 Å². The number of rotatable bonds is 5. The highest BCUT2D eigenvalue weighted by Crippen LogP contribution is 2.70. The first kappa shape index (κ1) is 27.1. The molecular formula is C33H41NO5S. The number of aliphatic hydroxyl groups excluding tert-OH is 1. The molecule has 0 radical (unpaired) electrons. The molecule has 7 rings (SSSR count). The Morgan fingerprint density at radius 2 is 1.93 bits per heavy atom. The standard InChI is InChI=1S/C33H41NO5S/c1-31-13-10-22(35)16-21(31)8-9-24-25-17-28-33(32(25,2)18-26(36)29(24)31,27(37)19-40-23-11-14-34-15-12-23)39-30(38-28)20-6-4-3-5-7-20/h10-16,20,24-26,28-30,36H,3-9,17-19H2,1-2H3/t24-,25-,26-,28+,29+,30+,31-,32-,33+/m0/s1. The summed E-state index contributed by atoms with van der Waals surface area (Å²) in [5.74, 6) is 1.23. The molecule has 6 aliphatic rings. The smallest absolute Gasteiger partial charge is 0.178 e. The Labute approximate surface area is 241 Å². The van der Waals surface area contributed by atoms with Crippen LogP contribution in [0.5, 0.6) is 0 Å². The monoisotopic (exact) mass is 563 g/mol. The van der Waals surface area contributed by atoms with Gasteiger partial charge in [0.15, 0.2) is 23.5 Å². The van der Waals surface area contributed by atoms with E-state index < -0.39 is 17.1 Å². The van der Waals surface area contributed by atoms with Gasteiger partial charge in [-0.05, 0) is 74.6 Å². The molecule has 1 aliphatic heterocycles. The lowest BCUT2D eigenvalue weighted by Gasteiger charge is -2.59. The van der Waals surface area contributed by atoms with Crippen LogP contribution in [0.25, 0.3) is 0 Å². The first-order valence-electron chi connectivity index (χ1n) is 15.3. The number of hydrogen-bond donors (Lipinski definition) is 1. The third kappa shape index (κ3) is 3.90. The highest BCUT2D eigenvalue weighted by Gasteiger charge is 2.76. The minimum atomic E-state index is -1.05. The van der Waals surface area contributed by atoms with Gasteiger partial charge in [0.2, 0.25) is 0 Å². The third-order valence-electron chi connectivity index (χ3n) is 11.7. The number of nitrogens with zero attached hydrogens (tertiary/aromatic N) is 1. The summed E-state index contributed by atoms with van der Waals surface area (Å²) in [4.78, 5) is 31.9. The van der Waals surface area contributed by atoms with E-state index in [0.717, 1.165) is 42.6 Å². The van der Waals surface area contributed by atoms with Gasteiger partial charge < -0.3 is 14.6 Å². The summed E-state index contributed by atoms with van der Waals surface area (Å²) in [5, 5.41) is 12.0. The lowest BCUT2D eigenvalue weighted by Crippen LogP contribution is -2.63. The molecule has 0 aromatic carbocycles. The maximum absolute atomic E-state index is 14.5. The zero-order valence-electron chi connectivity index (χ0n) is 23.6. The Morgan fingerprint density at radius 3 is 2.70 bits per heavy atom.